The normalized spacial score (nSPS) is 27.9. The topological polar surface area (TPSA) is 279 Å². The Kier molecular flexibility index (Phi) is 32.3. The van der Waals surface area contributed by atoms with E-state index in [0.29, 0.717) is 55.5 Å². The van der Waals surface area contributed by atoms with Gasteiger partial charge < -0.3 is 60.5 Å². The van der Waals surface area contributed by atoms with Gasteiger partial charge in [0.2, 0.25) is 70.9 Å². The van der Waals surface area contributed by atoms with E-state index in [2.05, 4.69) is 43.9 Å². The highest BCUT2D eigenvalue weighted by Gasteiger charge is 2.45. The van der Waals surface area contributed by atoms with Crippen LogP contribution >= 0.6 is 22.6 Å². The number of nitrogens with zero attached hydrogens (tertiary/aromatic N) is 8. The van der Waals surface area contributed by atoms with Gasteiger partial charge in [-0.1, -0.05) is 135 Å². The van der Waals surface area contributed by atoms with Crippen LogP contribution in [0.2, 0.25) is 0 Å². The van der Waals surface area contributed by atoms with Gasteiger partial charge in [0.15, 0.2) is 0 Å². The van der Waals surface area contributed by atoms with Crippen molar-refractivity contribution in [3.63, 3.8) is 0 Å². The van der Waals surface area contributed by atoms with Crippen molar-refractivity contribution in [2.75, 3.05) is 82.1 Å². The Morgan fingerprint density at radius 2 is 1.13 bits per heavy atom. The van der Waals surface area contributed by atoms with Crippen molar-refractivity contribution in [1.82, 2.24) is 60.5 Å². The first-order valence-corrected chi connectivity index (χ1v) is 35.8. The predicted octanol–water partition coefficient (Wildman–Crippen LogP) is 5.12. The standard InChI is InChI=1S/C68H117IN12O12/c1-17-19-31-49-63(89)80(16)68(8,9)67(93)72-51(34-43(3)4)62(88)79(15)54(65(91)81-32-24-21-25-33-81)39-56(83)77(13)52(35-44(5)6)61(87)73-59(45(7)18-2)66(92)76(12)41-57(84)74(10)42-58(85)78(14)53(38-46-27-22-20-23-28-46)64(90)75(11)40-55(82)70-50(60(86)71-49)37-47-29-26-30-48(69)36-47/h43-54,59H,17-42H2,1-16H3,(H,70,82)(H,71,86)(H,72,93)(H,73,87)/t45-,47?,48?,49-,50-,51-,52-,53-,54-,59-/m0/s1. The maximum Gasteiger partial charge on any atom is 0.246 e. The van der Waals surface area contributed by atoms with Crippen LogP contribution in [0.1, 0.15) is 197 Å². The summed E-state index contributed by atoms with van der Waals surface area (Å²) in [7, 11) is 10.2. The van der Waals surface area contributed by atoms with Crippen molar-refractivity contribution in [3.05, 3.63) is 0 Å². The van der Waals surface area contributed by atoms with Crippen molar-refractivity contribution in [3.8, 4) is 0 Å². The van der Waals surface area contributed by atoms with E-state index in [4.69, 9.17) is 0 Å². The molecule has 93 heavy (non-hydrogen) atoms. The number of likely N-dealkylation sites (tertiary alicyclic amines) is 1. The molecule has 0 spiro atoms. The summed E-state index contributed by atoms with van der Waals surface area (Å²) in [6.45, 7) is 15.5. The number of nitrogens with one attached hydrogen (secondary N) is 4. The third-order valence-corrected chi connectivity index (χ3v) is 21.1. The highest BCUT2D eigenvalue weighted by atomic mass is 127. The lowest BCUT2D eigenvalue weighted by Crippen LogP contribution is -2.63. The molecule has 4 aliphatic rings. The molecule has 25 heteroatoms. The van der Waals surface area contributed by atoms with E-state index in [0.717, 1.165) is 64.2 Å². The number of alkyl halides is 1. The lowest BCUT2D eigenvalue weighted by molar-refractivity contribution is -0.152. The van der Waals surface area contributed by atoms with Gasteiger partial charge in [-0.25, -0.2) is 0 Å². The third kappa shape index (κ3) is 23.3. The van der Waals surface area contributed by atoms with Gasteiger partial charge in [-0.2, -0.15) is 0 Å². The fourth-order valence-corrected chi connectivity index (χ4v) is 14.4. The van der Waals surface area contributed by atoms with Gasteiger partial charge in [0.1, 0.15) is 47.8 Å². The minimum Gasteiger partial charge on any atom is -0.343 e. The van der Waals surface area contributed by atoms with Gasteiger partial charge in [-0.05, 0) is 108 Å². The van der Waals surface area contributed by atoms with Gasteiger partial charge >= 0.3 is 0 Å². The lowest BCUT2D eigenvalue weighted by atomic mass is 9.84. The van der Waals surface area contributed by atoms with Gasteiger partial charge in [-0.15, -0.1) is 0 Å². The SMILES string of the molecule is CCCC[C@@H]1NC(=O)[C@H](CC2CCCC(I)C2)NC(=O)CN(C)C(=O)[C@H](CC2CCCCC2)N(C)C(=O)CN(C)C(=O)CN(C)C(=O)[C@H]([C@@H](C)CC)NC(=O)[C@H](CC(C)C)N(C)C(=O)C[C@@H](C(=O)N2CCCCC2)N(C)C(=O)[C@H](CC(C)C)NC(=O)C(C)(C)N(C)C1=O. The minimum atomic E-state index is -1.65. The largest absolute Gasteiger partial charge is 0.343 e. The first-order chi connectivity index (χ1) is 43.6. The average Bonchev–Trinajstić information content (AvgIpc) is 0.961. The molecule has 528 valence electrons. The Morgan fingerprint density at radius 1 is 0.548 bits per heavy atom. The number of hydrogen-bond donors (Lipinski definition) is 4. The van der Waals surface area contributed by atoms with Crippen molar-refractivity contribution >= 4 is 93.5 Å². The summed E-state index contributed by atoms with van der Waals surface area (Å²) in [5.41, 5.74) is -1.65. The van der Waals surface area contributed by atoms with Crippen molar-refractivity contribution in [2.45, 2.75) is 249 Å². The number of carbonyl (C=O) groups is 12. The summed E-state index contributed by atoms with van der Waals surface area (Å²) >= 11 is 2.41. The zero-order valence-electron chi connectivity index (χ0n) is 59.2. The fraction of sp³-hybridized carbons (Fsp3) is 0.824. The van der Waals surface area contributed by atoms with Crippen LogP contribution in [0.5, 0.6) is 0 Å². The third-order valence-electron chi connectivity index (χ3n) is 19.9. The second kappa shape index (κ2) is 37.6. The Bertz CT molecular complexity index is 2580. The second-order valence-electron chi connectivity index (χ2n) is 28.8. The number of piperidine rings is 1. The van der Waals surface area contributed by atoms with Gasteiger partial charge in [0.25, 0.3) is 0 Å². The molecule has 24 nitrogen and oxygen atoms in total. The summed E-state index contributed by atoms with van der Waals surface area (Å²) in [4.78, 5) is 187. The smallest absolute Gasteiger partial charge is 0.246 e. The summed E-state index contributed by atoms with van der Waals surface area (Å²) in [6, 6.07) is -8.24. The number of carbonyl (C=O) groups excluding carboxylic acids is 12. The van der Waals surface area contributed by atoms with Crippen LogP contribution in [0.25, 0.3) is 0 Å². The van der Waals surface area contributed by atoms with Crippen LogP contribution in [0, 0.1) is 29.6 Å². The molecular weight excluding hydrogens is 1300 g/mol. The lowest BCUT2D eigenvalue weighted by Gasteiger charge is -2.39. The molecule has 2 aliphatic heterocycles. The number of halogens is 1. The zero-order chi connectivity index (χ0) is 69.8. The van der Waals surface area contributed by atoms with Crippen molar-refractivity contribution in [2.24, 2.45) is 29.6 Å². The van der Waals surface area contributed by atoms with Crippen LogP contribution in [0.3, 0.4) is 0 Å². The number of unbranched alkanes of at least 4 members (excludes halogenated alkanes) is 1. The number of hydrogen-bond acceptors (Lipinski definition) is 12. The summed E-state index contributed by atoms with van der Waals surface area (Å²) in [5.74, 6) is -7.84. The Morgan fingerprint density at radius 3 is 1.72 bits per heavy atom. The molecular formula is C68H117IN12O12. The zero-order valence-corrected chi connectivity index (χ0v) is 61.4. The molecule has 0 aromatic carbocycles. The molecule has 4 fully saturated rings. The molecule has 2 heterocycles. The van der Waals surface area contributed by atoms with E-state index >= 15 is 4.79 Å². The molecule has 12 amide bonds. The van der Waals surface area contributed by atoms with Crippen molar-refractivity contribution < 1.29 is 57.5 Å². The minimum absolute atomic E-state index is 0.0504. The highest BCUT2D eigenvalue weighted by molar-refractivity contribution is 14.1. The first kappa shape index (κ1) is 79.8. The van der Waals surface area contributed by atoms with Crippen molar-refractivity contribution in [1.29, 1.82) is 0 Å². The van der Waals surface area contributed by atoms with Crippen LogP contribution in [0.4, 0.5) is 0 Å². The number of likely N-dealkylation sites (N-methyl/N-ethyl adjacent to an activating group) is 7. The fourth-order valence-electron chi connectivity index (χ4n) is 13.2. The molecule has 2 aliphatic carbocycles. The Balaban J connectivity index is 1.86. The summed E-state index contributed by atoms with van der Waals surface area (Å²) < 4.78 is 0.352. The molecule has 4 rings (SSSR count). The molecule has 2 unspecified atom stereocenters. The molecule has 0 bridgehead atoms. The Hall–Kier alpha value is -5.63. The maximum absolute atomic E-state index is 15.1. The number of amides is 12. The first-order valence-electron chi connectivity index (χ1n) is 34.6. The Labute approximate surface area is 569 Å². The maximum atomic E-state index is 15.1. The second-order valence-corrected chi connectivity index (χ2v) is 30.5. The molecule has 10 atom stereocenters. The quantitative estimate of drug-likeness (QED) is 0.130. The van der Waals surface area contributed by atoms with E-state index < -0.39 is 151 Å². The molecule has 4 N–H and O–H groups in total. The molecule has 0 aromatic rings. The van der Waals surface area contributed by atoms with E-state index in [1.807, 2.05) is 41.5 Å². The van der Waals surface area contributed by atoms with Crippen LogP contribution in [0.15, 0.2) is 0 Å². The van der Waals surface area contributed by atoms with Gasteiger partial charge in [0, 0.05) is 66.3 Å². The van der Waals surface area contributed by atoms with Gasteiger partial charge in [-0.3, -0.25) is 57.5 Å². The van der Waals surface area contributed by atoms with E-state index in [-0.39, 0.29) is 49.4 Å². The van der Waals surface area contributed by atoms with Gasteiger partial charge in [0.05, 0.1) is 26.1 Å². The summed E-state index contributed by atoms with van der Waals surface area (Å²) in [5, 5.41) is 11.7. The highest BCUT2D eigenvalue weighted by Crippen LogP contribution is 2.33. The number of rotatable bonds is 14. The molecule has 0 radical (unpaired) electrons. The van der Waals surface area contributed by atoms with E-state index in [1.165, 1.54) is 97.5 Å². The van der Waals surface area contributed by atoms with Crippen LogP contribution < -0.4 is 21.3 Å². The van der Waals surface area contributed by atoms with E-state index in [9.17, 15) is 52.7 Å². The average molecular weight is 1420 g/mol. The van der Waals surface area contributed by atoms with Crippen LogP contribution in [-0.4, -0.2) is 244 Å². The summed E-state index contributed by atoms with van der Waals surface area (Å²) in [6.07, 6.45) is 12.6. The molecule has 2 saturated heterocycles. The predicted molar refractivity (Wildman–Crippen MR) is 366 cm³/mol. The van der Waals surface area contributed by atoms with E-state index in [1.54, 1.807) is 11.8 Å². The molecule has 2 saturated carbocycles. The molecule has 0 aromatic heterocycles. The van der Waals surface area contributed by atoms with Crippen LogP contribution in [-0.2, 0) is 57.5 Å². The monoisotopic (exact) mass is 1420 g/mol.